The van der Waals surface area contributed by atoms with E-state index in [1.807, 2.05) is 16.8 Å². The highest BCUT2D eigenvalue weighted by Gasteiger charge is 2.06. The summed E-state index contributed by atoms with van der Waals surface area (Å²) in [4.78, 5) is 2.63. The van der Waals surface area contributed by atoms with Crippen LogP contribution < -0.4 is 0 Å². The van der Waals surface area contributed by atoms with Gasteiger partial charge in [0.15, 0.2) is 0 Å². The van der Waals surface area contributed by atoms with Crippen LogP contribution in [0.1, 0.15) is 11.6 Å². The molecular weight excluding hydrogens is 162 g/mol. The van der Waals surface area contributed by atoms with Gasteiger partial charge in [-0.3, -0.25) is 0 Å². The van der Waals surface area contributed by atoms with Gasteiger partial charge in [-0.1, -0.05) is 5.11 Å². The highest BCUT2D eigenvalue weighted by Crippen LogP contribution is 2.19. The Balaban J connectivity index is 2.79. The van der Waals surface area contributed by atoms with E-state index in [0.717, 1.165) is 5.56 Å². The third kappa shape index (κ3) is 1.94. The number of hydrogen-bond acceptors (Lipinski definition) is 3. The first-order valence-corrected chi connectivity index (χ1v) is 4.00. The van der Waals surface area contributed by atoms with E-state index < -0.39 is 6.04 Å². The molecule has 1 N–H and O–H groups in total. The number of thiophene rings is 1. The molecule has 0 saturated carbocycles. The van der Waals surface area contributed by atoms with E-state index in [4.69, 9.17) is 10.6 Å². The van der Waals surface area contributed by atoms with Gasteiger partial charge in [0.05, 0.1) is 12.6 Å². The maximum atomic E-state index is 8.77. The van der Waals surface area contributed by atoms with Crippen LogP contribution in [0.15, 0.2) is 21.9 Å². The summed E-state index contributed by atoms with van der Waals surface area (Å²) in [5.74, 6) is 0. The van der Waals surface area contributed by atoms with E-state index in [0.29, 0.717) is 0 Å². The number of aliphatic hydroxyl groups is 1. The maximum Gasteiger partial charge on any atom is 0.0864 e. The maximum absolute atomic E-state index is 8.77. The second-order valence-corrected chi connectivity index (χ2v) is 2.74. The van der Waals surface area contributed by atoms with E-state index in [9.17, 15) is 0 Å². The lowest BCUT2D eigenvalue weighted by Gasteiger charge is -2.02. The number of hydrogen-bond donors (Lipinski definition) is 1. The normalized spacial score (nSPS) is 12.1. The van der Waals surface area contributed by atoms with Crippen molar-refractivity contribution in [3.05, 3.63) is 32.8 Å². The van der Waals surface area contributed by atoms with Crippen molar-refractivity contribution in [3.8, 4) is 0 Å². The minimum atomic E-state index is -0.425. The van der Waals surface area contributed by atoms with Crippen LogP contribution in [0.5, 0.6) is 0 Å². The van der Waals surface area contributed by atoms with Gasteiger partial charge in [-0.25, -0.2) is 0 Å². The number of aliphatic hydroxyl groups excluding tert-OH is 1. The van der Waals surface area contributed by atoms with Crippen LogP contribution in [0.2, 0.25) is 0 Å². The molecule has 1 atom stereocenters. The van der Waals surface area contributed by atoms with Crippen molar-refractivity contribution in [1.82, 2.24) is 0 Å². The molecule has 0 fully saturated rings. The minimum absolute atomic E-state index is 0.138. The fraction of sp³-hybridized carbons (Fsp3) is 0.333. The topological polar surface area (TPSA) is 69.0 Å². The molecule has 11 heavy (non-hydrogen) atoms. The zero-order chi connectivity index (χ0) is 8.10. The lowest BCUT2D eigenvalue weighted by molar-refractivity contribution is 0.268. The molecule has 0 aromatic carbocycles. The Morgan fingerprint density at radius 1 is 1.82 bits per heavy atom. The van der Waals surface area contributed by atoms with Crippen LogP contribution in [0.3, 0.4) is 0 Å². The molecular formula is C6H7N3OS. The number of nitrogens with zero attached hydrogens (tertiary/aromatic N) is 3. The van der Waals surface area contributed by atoms with Crippen LogP contribution in [0, 0.1) is 0 Å². The van der Waals surface area contributed by atoms with Gasteiger partial charge in [0.1, 0.15) is 0 Å². The second kappa shape index (κ2) is 3.98. The van der Waals surface area contributed by atoms with Crippen molar-refractivity contribution in [2.45, 2.75) is 6.04 Å². The first-order chi connectivity index (χ1) is 5.38. The fourth-order valence-corrected chi connectivity index (χ4v) is 1.44. The molecule has 0 saturated heterocycles. The van der Waals surface area contributed by atoms with Gasteiger partial charge >= 0.3 is 0 Å². The van der Waals surface area contributed by atoms with E-state index in [-0.39, 0.29) is 6.61 Å². The van der Waals surface area contributed by atoms with Crippen molar-refractivity contribution in [2.24, 2.45) is 5.11 Å². The van der Waals surface area contributed by atoms with Crippen LogP contribution in [0.25, 0.3) is 10.4 Å². The van der Waals surface area contributed by atoms with Crippen LogP contribution in [0.4, 0.5) is 0 Å². The number of rotatable bonds is 3. The Hall–Kier alpha value is -1.03. The van der Waals surface area contributed by atoms with Gasteiger partial charge in [-0.15, -0.1) is 0 Å². The standard InChI is InChI=1S/C6H7N3OS/c7-9-8-6(3-10)5-1-2-11-4-5/h1-2,4,6,10H,3H2. The molecule has 1 aromatic rings. The van der Waals surface area contributed by atoms with Crippen molar-refractivity contribution < 1.29 is 5.11 Å². The zero-order valence-corrected chi connectivity index (χ0v) is 6.53. The second-order valence-electron chi connectivity index (χ2n) is 1.96. The SMILES string of the molecule is [N-]=[N+]=NC(CO)c1ccsc1. The van der Waals surface area contributed by atoms with Crippen LogP contribution >= 0.6 is 11.3 Å². The fourth-order valence-electron chi connectivity index (χ4n) is 0.736. The molecule has 4 nitrogen and oxygen atoms in total. The third-order valence-corrected chi connectivity index (χ3v) is 1.99. The van der Waals surface area contributed by atoms with Gasteiger partial charge in [0, 0.05) is 4.91 Å². The van der Waals surface area contributed by atoms with Gasteiger partial charge in [0.25, 0.3) is 0 Å². The minimum Gasteiger partial charge on any atom is -0.396 e. The molecule has 0 amide bonds. The molecule has 58 valence electrons. The molecule has 0 aliphatic carbocycles. The van der Waals surface area contributed by atoms with Gasteiger partial charge in [-0.05, 0) is 27.9 Å². The summed E-state index contributed by atoms with van der Waals surface area (Å²) < 4.78 is 0. The Bertz CT molecular complexity index is 253. The molecule has 0 aliphatic rings. The van der Waals surface area contributed by atoms with Gasteiger partial charge < -0.3 is 5.11 Å². The predicted octanol–water partition coefficient (Wildman–Crippen LogP) is 2.09. The molecule has 0 bridgehead atoms. The summed E-state index contributed by atoms with van der Waals surface area (Å²) in [7, 11) is 0. The van der Waals surface area contributed by atoms with Gasteiger partial charge in [0.2, 0.25) is 0 Å². The molecule has 1 heterocycles. The van der Waals surface area contributed by atoms with Crippen molar-refractivity contribution in [1.29, 1.82) is 0 Å². The monoisotopic (exact) mass is 169 g/mol. The lowest BCUT2D eigenvalue weighted by Crippen LogP contribution is -1.97. The summed E-state index contributed by atoms with van der Waals surface area (Å²) in [5, 5.41) is 15.9. The Morgan fingerprint density at radius 3 is 3.09 bits per heavy atom. The zero-order valence-electron chi connectivity index (χ0n) is 5.71. The first kappa shape index (κ1) is 8.07. The predicted molar refractivity (Wildman–Crippen MR) is 43.3 cm³/mol. The summed E-state index contributed by atoms with van der Waals surface area (Å²) in [6.45, 7) is -0.138. The highest BCUT2D eigenvalue weighted by atomic mass is 32.1. The van der Waals surface area contributed by atoms with E-state index in [1.54, 1.807) is 0 Å². The molecule has 1 unspecified atom stereocenters. The first-order valence-electron chi connectivity index (χ1n) is 3.05. The molecule has 0 aliphatic heterocycles. The van der Waals surface area contributed by atoms with Crippen molar-refractivity contribution in [2.75, 3.05) is 6.61 Å². The molecule has 1 aromatic heterocycles. The summed E-state index contributed by atoms with van der Waals surface area (Å²) in [6.07, 6.45) is 0. The Labute approximate surface area is 67.7 Å². The smallest absolute Gasteiger partial charge is 0.0864 e. The van der Waals surface area contributed by atoms with Gasteiger partial charge in [-0.2, -0.15) is 11.3 Å². The van der Waals surface area contributed by atoms with E-state index >= 15 is 0 Å². The Morgan fingerprint density at radius 2 is 2.64 bits per heavy atom. The van der Waals surface area contributed by atoms with E-state index in [2.05, 4.69) is 10.0 Å². The largest absolute Gasteiger partial charge is 0.396 e. The molecule has 1 rings (SSSR count). The Kier molecular flexibility index (Phi) is 2.92. The van der Waals surface area contributed by atoms with Crippen LogP contribution in [-0.2, 0) is 0 Å². The van der Waals surface area contributed by atoms with E-state index in [1.165, 1.54) is 11.3 Å². The molecule has 0 radical (unpaired) electrons. The highest BCUT2D eigenvalue weighted by molar-refractivity contribution is 7.07. The average Bonchev–Trinajstić information content (AvgIpc) is 2.52. The number of azide groups is 1. The molecule has 0 spiro atoms. The molecule has 5 heteroatoms. The average molecular weight is 169 g/mol. The lowest BCUT2D eigenvalue weighted by atomic mass is 10.2. The summed E-state index contributed by atoms with van der Waals surface area (Å²) in [6, 6.07) is 1.41. The van der Waals surface area contributed by atoms with Crippen molar-refractivity contribution >= 4 is 11.3 Å². The summed E-state index contributed by atoms with van der Waals surface area (Å²) >= 11 is 1.51. The van der Waals surface area contributed by atoms with Crippen molar-refractivity contribution in [3.63, 3.8) is 0 Å². The summed E-state index contributed by atoms with van der Waals surface area (Å²) in [5.41, 5.74) is 8.99. The van der Waals surface area contributed by atoms with Crippen LogP contribution in [-0.4, -0.2) is 11.7 Å². The quantitative estimate of drug-likeness (QED) is 0.420. The third-order valence-electron chi connectivity index (χ3n) is 1.29.